The molecule has 4 heterocycles. The molecule has 2 saturated heterocycles. The molecular formula is C22H23F6N5OS2. The first-order valence-electron chi connectivity index (χ1n) is 11.3. The van der Waals surface area contributed by atoms with E-state index in [1.807, 2.05) is 0 Å². The van der Waals surface area contributed by atoms with Gasteiger partial charge in [0.1, 0.15) is 22.1 Å². The van der Waals surface area contributed by atoms with E-state index in [0.717, 1.165) is 43.0 Å². The number of hydrogen-bond acceptors (Lipinski definition) is 5. The molecule has 0 radical (unpaired) electrons. The molecule has 1 amide bonds. The van der Waals surface area contributed by atoms with E-state index in [2.05, 4.69) is 20.3 Å². The molecule has 0 aliphatic carbocycles. The van der Waals surface area contributed by atoms with Gasteiger partial charge in [-0.05, 0) is 43.0 Å². The number of nitrogens with one attached hydrogen (secondary N) is 2. The number of benzene rings is 1. The van der Waals surface area contributed by atoms with Crippen molar-refractivity contribution in [3.05, 3.63) is 53.2 Å². The molecule has 1 atom stereocenters. The van der Waals surface area contributed by atoms with Crippen molar-refractivity contribution in [3.63, 3.8) is 0 Å². The lowest BCUT2D eigenvalue weighted by Gasteiger charge is -2.40. The number of likely N-dealkylation sites (tertiary alicyclic amines) is 1. The number of carbonyl (C=O) groups excluding carboxylic acids is 1. The van der Waals surface area contributed by atoms with Crippen LogP contribution in [0.15, 0.2) is 35.4 Å². The topological polar surface area (TPSA) is 73.9 Å². The summed E-state index contributed by atoms with van der Waals surface area (Å²) in [7, 11) is -9.81. The van der Waals surface area contributed by atoms with Crippen LogP contribution < -0.4 is 5.32 Å². The van der Waals surface area contributed by atoms with Crippen LogP contribution in [0.5, 0.6) is 0 Å². The number of pyridine rings is 1. The van der Waals surface area contributed by atoms with Crippen LogP contribution in [-0.2, 0) is 0 Å². The number of aromatic nitrogens is 3. The van der Waals surface area contributed by atoms with Gasteiger partial charge in [0.15, 0.2) is 5.65 Å². The number of amides is 1. The quantitative estimate of drug-likeness (QED) is 0.381. The van der Waals surface area contributed by atoms with Crippen molar-refractivity contribution >= 4 is 39.1 Å². The number of halogens is 6. The average Bonchev–Trinajstić information content (AvgIpc) is 3.27. The van der Waals surface area contributed by atoms with Crippen molar-refractivity contribution in [2.24, 2.45) is 0 Å². The fourth-order valence-corrected chi connectivity index (χ4v) is 6.36. The molecule has 6 nitrogen and oxygen atoms in total. The van der Waals surface area contributed by atoms with Gasteiger partial charge in [-0.2, -0.15) is 0 Å². The van der Waals surface area contributed by atoms with E-state index in [4.69, 9.17) is 0 Å². The number of aromatic amines is 1. The van der Waals surface area contributed by atoms with Gasteiger partial charge in [0.05, 0.1) is 11.4 Å². The molecule has 3 aromatic rings. The summed E-state index contributed by atoms with van der Waals surface area (Å²) in [5, 5.41) is 3.41. The number of piperidine rings is 1. The molecule has 0 spiro atoms. The van der Waals surface area contributed by atoms with Gasteiger partial charge in [-0.3, -0.25) is 4.79 Å². The van der Waals surface area contributed by atoms with Crippen LogP contribution >= 0.6 is 22.0 Å². The van der Waals surface area contributed by atoms with Crippen LogP contribution in [0.25, 0.3) is 11.2 Å². The second kappa shape index (κ2) is 8.28. The minimum absolute atomic E-state index is 0.105. The van der Waals surface area contributed by atoms with Crippen molar-refractivity contribution in [3.8, 4) is 0 Å². The average molecular weight is 552 g/mol. The Hall–Kier alpha value is -2.45. The van der Waals surface area contributed by atoms with Crippen LogP contribution in [0.2, 0.25) is 0 Å². The first-order valence-corrected chi connectivity index (χ1v) is 14.3. The highest BCUT2D eigenvalue weighted by molar-refractivity contribution is 8.45. The van der Waals surface area contributed by atoms with Crippen molar-refractivity contribution in [2.75, 3.05) is 31.9 Å². The van der Waals surface area contributed by atoms with Crippen molar-refractivity contribution in [1.82, 2.24) is 25.2 Å². The third kappa shape index (κ3) is 5.02. The number of rotatable bonds is 4. The maximum absolute atomic E-state index is 14.9. The molecule has 14 heteroatoms. The summed E-state index contributed by atoms with van der Waals surface area (Å²) in [6, 6.07) is 1.99. The zero-order valence-corrected chi connectivity index (χ0v) is 20.5. The predicted molar refractivity (Wildman–Crippen MR) is 128 cm³/mol. The number of fused-ring (bicyclic) bond motifs is 1. The Labute approximate surface area is 207 Å². The largest absolute Gasteiger partial charge is 0.339 e. The smallest absolute Gasteiger partial charge is 0.310 e. The van der Waals surface area contributed by atoms with Gasteiger partial charge in [0.2, 0.25) is 0 Å². The summed E-state index contributed by atoms with van der Waals surface area (Å²) < 4.78 is 79.6. The number of carbonyl (C=O) groups is 1. The van der Waals surface area contributed by atoms with Crippen molar-refractivity contribution in [1.29, 1.82) is 0 Å². The van der Waals surface area contributed by atoms with Gasteiger partial charge < -0.3 is 15.2 Å². The van der Waals surface area contributed by atoms with Crippen LogP contribution in [-0.4, -0.2) is 57.7 Å². The zero-order valence-electron chi connectivity index (χ0n) is 18.8. The highest BCUT2D eigenvalue weighted by Gasteiger charge is 2.65. The zero-order chi connectivity index (χ0) is 25.8. The van der Waals surface area contributed by atoms with Crippen LogP contribution in [0.1, 0.15) is 45.8 Å². The normalized spacial score (nSPS) is 21.8. The first kappa shape index (κ1) is 25.2. The van der Waals surface area contributed by atoms with Crippen LogP contribution in [0.4, 0.5) is 23.8 Å². The van der Waals surface area contributed by atoms with Gasteiger partial charge in [0, 0.05) is 43.1 Å². The molecule has 1 unspecified atom stereocenters. The number of nitrogens with zero attached hydrogens (tertiary/aromatic N) is 3. The van der Waals surface area contributed by atoms with Crippen LogP contribution in [0, 0.1) is 5.82 Å². The molecular weight excluding hydrogens is 528 g/mol. The summed E-state index contributed by atoms with van der Waals surface area (Å²) in [6.07, 6.45) is 1.98. The maximum atomic E-state index is 14.9. The Balaban J connectivity index is 1.31. The molecule has 2 N–H and O–H groups in total. The molecule has 36 heavy (non-hydrogen) atoms. The lowest BCUT2D eigenvalue weighted by atomic mass is 9.88. The van der Waals surface area contributed by atoms with Gasteiger partial charge in [-0.25, -0.2) is 14.4 Å². The maximum Gasteiger partial charge on any atom is 0.310 e. The minimum Gasteiger partial charge on any atom is -0.339 e. The molecule has 5 rings (SSSR count). The molecule has 2 aliphatic rings. The van der Waals surface area contributed by atoms with Crippen LogP contribution in [0.3, 0.4) is 0 Å². The number of thioether (sulfide) groups is 1. The summed E-state index contributed by atoms with van der Waals surface area (Å²) >= 11 is 1.76. The van der Waals surface area contributed by atoms with E-state index in [1.165, 1.54) is 4.90 Å². The Morgan fingerprint density at radius 1 is 1.08 bits per heavy atom. The van der Waals surface area contributed by atoms with Crippen molar-refractivity contribution < 1.29 is 28.6 Å². The van der Waals surface area contributed by atoms with E-state index in [1.54, 1.807) is 11.8 Å². The minimum atomic E-state index is -9.81. The molecule has 0 bridgehead atoms. The SMILES string of the molecule is O=C(c1ccc(S(F)(F)(F)(F)F)cc1)N1CCC(c2c(F)cnc3[nH]c(C4CNCCS4)nc23)CC1. The van der Waals surface area contributed by atoms with E-state index >= 15 is 0 Å². The third-order valence-corrected chi connectivity index (χ3v) is 8.89. The summed E-state index contributed by atoms with van der Waals surface area (Å²) in [5.74, 6) is 0.385. The molecule has 196 valence electrons. The van der Waals surface area contributed by atoms with Gasteiger partial charge in [-0.1, -0.05) is 19.4 Å². The van der Waals surface area contributed by atoms with E-state index in [-0.39, 0.29) is 42.0 Å². The van der Waals surface area contributed by atoms with E-state index in [9.17, 15) is 28.6 Å². The predicted octanol–water partition coefficient (Wildman–Crippen LogP) is 6.15. The van der Waals surface area contributed by atoms with E-state index < -0.39 is 26.8 Å². The molecule has 1 aromatic carbocycles. The van der Waals surface area contributed by atoms with Crippen molar-refractivity contribution in [2.45, 2.75) is 28.9 Å². The molecule has 2 fully saturated rings. The second-order valence-electron chi connectivity index (χ2n) is 8.96. The number of H-pyrrole nitrogens is 1. The Kier molecular flexibility index (Phi) is 5.80. The third-order valence-electron chi connectivity index (χ3n) is 6.49. The molecule has 2 aromatic heterocycles. The Morgan fingerprint density at radius 2 is 1.78 bits per heavy atom. The number of imidazole rings is 1. The summed E-state index contributed by atoms with van der Waals surface area (Å²) in [6.45, 7) is 2.12. The summed E-state index contributed by atoms with van der Waals surface area (Å²) in [5.41, 5.74) is 1.28. The molecule has 2 aliphatic heterocycles. The number of hydrogen-bond donors (Lipinski definition) is 2. The van der Waals surface area contributed by atoms with Gasteiger partial charge >= 0.3 is 10.2 Å². The fraction of sp³-hybridized carbons (Fsp3) is 0.409. The van der Waals surface area contributed by atoms with Gasteiger partial charge in [0.25, 0.3) is 5.91 Å². The Morgan fingerprint density at radius 3 is 2.39 bits per heavy atom. The molecule has 0 saturated carbocycles. The highest BCUT2D eigenvalue weighted by Crippen LogP contribution is 3.02. The monoisotopic (exact) mass is 551 g/mol. The lowest BCUT2D eigenvalue weighted by Crippen LogP contribution is -2.38. The lowest BCUT2D eigenvalue weighted by molar-refractivity contribution is 0.0712. The van der Waals surface area contributed by atoms with Gasteiger partial charge in [-0.15, -0.1) is 11.8 Å². The Bertz CT molecular complexity index is 1300. The second-order valence-corrected chi connectivity index (χ2v) is 12.7. The fourth-order valence-electron chi connectivity index (χ4n) is 4.66. The standard InChI is InChI=1S/C22H23F6N5OS2/c23-16-11-30-21-19(31-20(32-21)17-12-29-7-10-35-17)18(16)13-5-8-33(9-6-13)22(34)14-1-3-15(4-2-14)36(24,25,26,27)28/h1-4,11,13,17,29H,5-10,12H2,(H,30,31,32). The summed E-state index contributed by atoms with van der Waals surface area (Å²) in [4.78, 5) is 24.2. The van der Waals surface area contributed by atoms with E-state index in [0.29, 0.717) is 29.6 Å². The highest BCUT2D eigenvalue weighted by atomic mass is 32.5. The first-order chi connectivity index (χ1) is 16.8.